The van der Waals surface area contributed by atoms with Gasteiger partial charge >= 0.3 is 0 Å². The highest BCUT2D eigenvalue weighted by molar-refractivity contribution is 14.0. The van der Waals surface area contributed by atoms with Gasteiger partial charge in [-0.05, 0) is 44.3 Å². The summed E-state index contributed by atoms with van der Waals surface area (Å²) in [6.45, 7) is 6.99. The van der Waals surface area contributed by atoms with Gasteiger partial charge in [0, 0.05) is 33.3 Å². The second-order valence-corrected chi connectivity index (χ2v) is 6.57. The SMILES string of the molecule is CN=C(NCCCCOCc1ccccc1)NCCN1CCCCC1.I. The number of halogens is 1. The number of hydrogen-bond acceptors (Lipinski definition) is 3. The normalized spacial score (nSPS) is 15.3. The average Bonchev–Trinajstić information content (AvgIpc) is 2.67. The summed E-state index contributed by atoms with van der Waals surface area (Å²) < 4.78 is 5.71. The first-order chi connectivity index (χ1) is 12.4. The fourth-order valence-corrected chi connectivity index (χ4v) is 3.04. The first kappa shape index (κ1) is 23.2. The molecule has 1 heterocycles. The molecule has 0 radical (unpaired) electrons. The predicted octanol–water partition coefficient (Wildman–Crippen LogP) is 3.25. The van der Waals surface area contributed by atoms with E-state index < -0.39 is 0 Å². The summed E-state index contributed by atoms with van der Waals surface area (Å²) in [6, 6.07) is 10.3. The molecule has 1 aromatic rings. The molecular formula is C20H35IN4O. The zero-order valence-corrected chi connectivity index (χ0v) is 18.4. The lowest BCUT2D eigenvalue weighted by Gasteiger charge is -2.26. The van der Waals surface area contributed by atoms with Crippen molar-refractivity contribution in [1.29, 1.82) is 0 Å². The lowest BCUT2D eigenvalue weighted by atomic mass is 10.1. The van der Waals surface area contributed by atoms with Crippen molar-refractivity contribution in [2.45, 2.75) is 38.7 Å². The number of benzene rings is 1. The molecule has 6 heteroatoms. The van der Waals surface area contributed by atoms with E-state index >= 15 is 0 Å². The van der Waals surface area contributed by atoms with Crippen molar-refractivity contribution in [3.8, 4) is 0 Å². The molecule has 0 aliphatic carbocycles. The molecule has 1 saturated heterocycles. The number of guanidine groups is 1. The van der Waals surface area contributed by atoms with Gasteiger partial charge in [-0.2, -0.15) is 0 Å². The fraction of sp³-hybridized carbons (Fsp3) is 0.650. The molecule has 5 nitrogen and oxygen atoms in total. The van der Waals surface area contributed by atoms with Crippen LogP contribution >= 0.6 is 24.0 Å². The summed E-state index contributed by atoms with van der Waals surface area (Å²) in [5.41, 5.74) is 1.24. The molecule has 0 spiro atoms. The maximum Gasteiger partial charge on any atom is 0.191 e. The molecule has 0 bridgehead atoms. The number of ether oxygens (including phenoxy) is 1. The van der Waals surface area contributed by atoms with Crippen molar-refractivity contribution in [3.63, 3.8) is 0 Å². The minimum Gasteiger partial charge on any atom is -0.377 e. The average molecular weight is 474 g/mol. The van der Waals surface area contributed by atoms with E-state index in [1.807, 2.05) is 25.2 Å². The van der Waals surface area contributed by atoms with E-state index in [2.05, 4.69) is 32.7 Å². The number of nitrogens with one attached hydrogen (secondary N) is 2. The van der Waals surface area contributed by atoms with Gasteiger partial charge in [0.2, 0.25) is 0 Å². The highest BCUT2D eigenvalue weighted by atomic mass is 127. The van der Waals surface area contributed by atoms with Crippen LogP contribution in [-0.4, -0.2) is 57.2 Å². The van der Waals surface area contributed by atoms with Crippen molar-refractivity contribution < 1.29 is 4.74 Å². The summed E-state index contributed by atoms with van der Waals surface area (Å²) >= 11 is 0. The second-order valence-electron chi connectivity index (χ2n) is 6.57. The smallest absolute Gasteiger partial charge is 0.191 e. The summed E-state index contributed by atoms with van der Waals surface area (Å²) in [5, 5.41) is 6.79. The number of likely N-dealkylation sites (tertiary alicyclic amines) is 1. The van der Waals surface area contributed by atoms with E-state index in [0.29, 0.717) is 6.61 Å². The van der Waals surface area contributed by atoms with Gasteiger partial charge in [-0.3, -0.25) is 4.99 Å². The minimum atomic E-state index is 0. The van der Waals surface area contributed by atoms with Gasteiger partial charge in [0.05, 0.1) is 6.61 Å². The highest BCUT2D eigenvalue weighted by Crippen LogP contribution is 2.07. The number of nitrogens with zero attached hydrogens (tertiary/aromatic N) is 2. The van der Waals surface area contributed by atoms with Gasteiger partial charge < -0.3 is 20.3 Å². The molecule has 0 unspecified atom stereocenters. The number of rotatable bonds is 10. The Labute approximate surface area is 176 Å². The van der Waals surface area contributed by atoms with Gasteiger partial charge in [-0.15, -0.1) is 24.0 Å². The molecule has 2 rings (SSSR count). The van der Waals surface area contributed by atoms with Gasteiger partial charge in [0.1, 0.15) is 0 Å². The Morgan fingerprint density at radius 3 is 2.50 bits per heavy atom. The molecule has 0 saturated carbocycles. The molecule has 0 aromatic heterocycles. The maximum atomic E-state index is 5.71. The van der Waals surface area contributed by atoms with E-state index in [-0.39, 0.29) is 24.0 Å². The van der Waals surface area contributed by atoms with Crippen LogP contribution in [0.1, 0.15) is 37.7 Å². The van der Waals surface area contributed by atoms with Crippen LogP contribution in [-0.2, 0) is 11.3 Å². The summed E-state index contributed by atoms with van der Waals surface area (Å²) in [6.07, 6.45) is 6.23. The van der Waals surface area contributed by atoms with Crippen molar-refractivity contribution in [2.24, 2.45) is 4.99 Å². The maximum absolute atomic E-state index is 5.71. The molecule has 1 aromatic carbocycles. The molecule has 148 valence electrons. The van der Waals surface area contributed by atoms with Crippen LogP contribution in [0, 0.1) is 0 Å². The third-order valence-corrected chi connectivity index (χ3v) is 4.51. The van der Waals surface area contributed by atoms with Gasteiger partial charge in [0.15, 0.2) is 5.96 Å². The molecule has 26 heavy (non-hydrogen) atoms. The Morgan fingerprint density at radius 1 is 1.04 bits per heavy atom. The first-order valence-corrected chi connectivity index (χ1v) is 9.67. The quantitative estimate of drug-likeness (QED) is 0.237. The molecule has 1 aliphatic rings. The number of unbranched alkanes of at least 4 members (excludes halogenated alkanes) is 1. The Kier molecular flexibility index (Phi) is 13.6. The summed E-state index contributed by atoms with van der Waals surface area (Å²) in [4.78, 5) is 6.82. The van der Waals surface area contributed by atoms with Crippen LogP contribution < -0.4 is 10.6 Å². The van der Waals surface area contributed by atoms with Gasteiger partial charge in [0.25, 0.3) is 0 Å². The van der Waals surface area contributed by atoms with Crippen LogP contribution in [0.25, 0.3) is 0 Å². The summed E-state index contributed by atoms with van der Waals surface area (Å²) in [5.74, 6) is 0.905. The van der Waals surface area contributed by atoms with E-state index in [1.54, 1.807) is 0 Å². The van der Waals surface area contributed by atoms with E-state index in [1.165, 1.54) is 37.9 Å². The highest BCUT2D eigenvalue weighted by Gasteiger charge is 2.09. The Balaban J connectivity index is 0.00000338. The Bertz CT molecular complexity index is 478. The van der Waals surface area contributed by atoms with Crippen molar-refractivity contribution in [3.05, 3.63) is 35.9 Å². The molecular weight excluding hydrogens is 439 g/mol. The Morgan fingerprint density at radius 2 is 1.77 bits per heavy atom. The van der Waals surface area contributed by atoms with Crippen LogP contribution in [0.15, 0.2) is 35.3 Å². The van der Waals surface area contributed by atoms with Crippen LogP contribution in [0.5, 0.6) is 0 Å². The van der Waals surface area contributed by atoms with Crippen LogP contribution in [0.2, 0.25) is 0 Å². The molecule has 0 amide bonds. The van der Waals surface area contributed by atoms with E-state index in [0.717, 1.165) is 45.0 Å². The molecule has 2 N–H and O–H groups in total. The number of piperidine rings is 1. The van der Waals surface area contributed by atoms with Crippen LogP contribution in [0.3, 0.4) is 0 Å². The number of aliphatic imine (C=N–C) groups is 1. The number of hydrogen-bond donors (Lipinski definition) is 2. The molecule has 0 atom stereocenters. The standard InChI is InChI=1S/C20H34N4O.HI/c1-21-20(23-13-16-24-14-7-3-8-15-24)22-12-6-9-17-25-18-19-10-4-2-5-11-19;/h2,4-5,10-11H,3,6-9,12-18H2,1H3,(H2,21,22,23);1H. The zero-order chi connectivity index (χ0) is 17.6. The van der Waals surface area contributed by atoms with Crippen molar-refractivity contribution in [1.82, 2.24) is 15.5 Å². The topological polar surface area (TPSA) is 48.9 Å². The van der Waals surface area contributed by atoms with E-state index in [4.69, 9.17) is 4.74 Å². The first-order valence-electron chi connectivity index (χ1n) is 9.67. The second kappa shape index (κ2) is 15.2. The monoisotopic (exact) mass is 474 g/mol. The van der Waals surface area contributed by atoms with Gasteiger partial charge in [-0.25, -0.2) is 0 Å². The molecule has 1 aliphatic heterocycles. The fourth-order valence-electron chi connectivity index (χ4n) is 3.04. The van der Waals surface area contributed by atoms with E-state index in [9.17, 15) is 0 Å². The van der Waals surface area contributed by atoms with Crippen molar-refractivity contribution >= 4 is 29.9 Å². The van der Waals surface area contributed by atoms with Gasteiger partial charge in [-0.1, -0.05) is 36.8 Å². The summed E-state index contributed by atoms with van der Waals surface area (Å²) in [7, 11) is 1.83. The third-order valence-electron chi connectivity index (χ3n) is 4.51. The lowest BCUT2D eigenvalue weighted by molar-refractivity contribution is 0.117. The molecule has 1 fully saturated rings. The van der Waals surface area contributed by atoms with Crippen LogP contribution in [0.4, 0.5) is 0 Å². The predicted molar refractivity (Wildman–Crippen MR) is 120 cm³/mol. The minimum absolute atomic E-state index is 0. The lowest BCUT2D eigenvalue weighted by Crippen LogP contribution is -2.42. The zero-order valence-electron chi connectivity index (χ0n) is 16.1. The third kappa shape index (κ3) is 10.3. The Hall–Kier alpha value is -0.860. The largest absolute Gasteiger partial charge is 0.377 e. The van der Waals surface area contributed by atoms with Crippen molar-refractivity contribution in [2.75, 3.05) is 46.4 Å².